The van der Waals surface area contributed by atoms with E-state index < -0.39 is 0 Å². The molecule has 1 amide bonds. The summed E-state index contributed by atoms with van der Waals surface area (Å²) in [6.07, 6.45) is 0. The number of nitrogens with one attached hydrogen (secondary N) is 2. The highest BCUT2D eigenvalue weighted by atomic mass is 32.2. The molecule has 0 fully saturated rings. The Bertz CT molecular complexity index is 1020. The molecule has 1 heterocycles. The first-order valence-corrected chi connectivity index (χ1v) is 11.2. The van der Waals surface area contributed by atoms with Crippen LogP contribution in [0.15, 0.2) is 57.8 Å². The van der Waals surface area contributed by atoms with Crippen LogP contribution in [-0.2, 0) is 4.79 Å². The van der Waals surface area contributed by atoms with Gasteiger partial charge in [-0.15, -0.1) is 22.0 Å². The maximum absolute atomic E-state index is 12.3. The lowest BCUT2D eigenvalue weighted by molar-refractivity contribution is -0.113. The zero-order chi connectivity index (χ0) is 20.5. The smallest absolute Gasteiger partial charge is 0.234 e. The van der Waals surface area contributed by atoms with Crippen molar-refractivity contribution in [3.63, 3.8) is 0 Å². The van der Waals surface area contributed by atoms with Gasteiger partial charge in [-0.3, -0.25) is 4.79 Å². The number of thioether (sulfide) groups is 2. The van der Waals surface area contributed by atoms with Crippen LogP contribution < -0.4 is 15.4 Å². The second-order valence-corrected chi connectivity index (χ2v) is 8.70. The molecular weight excluding hydrogens is 426 g/mol. The second-order valence-electron chi connectivity index (χ2n) is 5.48. The van der Waals surface area contributed by atoms with E-state index in [0.29, 0.717) is 26.7 Å². The number of anilines is 3. The van der Waals surface area contributed by atoms with Gasteiger partial charge < -0.3 is 15.4 Å². The lowest BCUT2D eigenvalue weighted by atomic mass is 10.3. The average Bonchev–Trinajstić information content (AvgIpc) is 3.19. The average molecular weight is 444 g/mol. The molecule has 3 rings (SSSR count). The van der Waals surface area contributed by atoms with Gasteiger partial charge in [0.15, 0.2) is 4.34 Å². The summed E-state index contributed by atoms with van der Waals surface area (Å²) in [4.78, 5) is 13.2. The Kier molecular flexibility index (Phi) is 7.75. The van der Waals surface area contributed by atoms with Gasteiger partial charge in [0.1, 0.15) is 5.75 Å². The third-order valence-corrected chi connectivity index (χ3v) is 6.45. The molecule has 1 aromatic heterocycles. The molecule has 0 aliphatic rings. The largest absolute Gasteiger partial charge is 0.495 e. The highest BCUT2D eigenvalue weighted by Crippen LogP contribution is 2.32. The first-order chi connectivity index (χ1) is 14.2. The fourth-order valence-electron chi connectivity index (χ4n) is 2.30. The van der Waals surface area contributed by atoms with Gasteiger partial charge in [0.2, 0.25) is 11.0 Å². The Morgan fingerprint density at radius 3 is 2.69 bits per heavy atom. The second kappa shape index (κ2) is 10.7. The highest BCUT2D eigenvalue weighted by Gasteiger charge is 2.11. The van der Waals surface area contributed by atoms with Gasteiger partial charge in [0.05, 0.1) is 36.1 Å². The van der Waals surface area contributed by atoms with Crippen LogP contribution in [0, 0.1) is 11.3 Å². The van der Waals surface area contributed by atoms with Gasteiger partial charge in [-0.25, -0.2) is 0 Å². The summed E-state index contributed by atoms with van der Waals surface area (Å²) in [5.74, 6) is 1.10. The number of aromatic nitrogens is 2. The van der Waals surface area contributed by atoms with Crippen LogP contribution in [0.25, 0.3) is 0 Å². The maximum atomic E-state index is 12.3. The van der Waals surface area contributed by atoms with Gasteiger partial charge in [-0.05, 0) is 24.3 Å². The monoisotopic (exact) mass is 443 g/mol. The fraction of sp³-hybridized carbons (Fsp3) is 0.158. The third kappa shape index (κ3) is 6.12. The quantitative estimate of drug-likeness (QED) is 0.462. The third-order valence-electron chi connectivity index (χ3n) is 3.54. The number of benzene rings is 2. The number of amides is 1. The molecule has 148 valence electrons. The first-order valence-electron chi connectivity index (χ1n) is 8.44. The number of nitrogens with zero attached hydrogens (tertiary/aromatic N) is 3. The maximum Gasteiger partial charge on any atom is 0.234 e. The van der Waals surface area contributed by atoms with Crippen molar-refractivity contribution in [1.82, 2.24) is 10.2 Å². The van der Waals surface area contributed by atoms with E-state index in [9.17, 15) is 4.79 Å². The molecule has 0 radical (unpaired) electrons. The first kappa shape index (κ1) is 21.0. The number of carbonyl (C=O) groups excluding carboxylic acids is 1. The van der Waals surface area contributed by atoms with Crippen LogP contribution >= 0.6 is 34.9 Å². The molecular formula is C19H17N5O2S3. The van der Waals surface area contributed by atoms with E-state index in [0.717, 1.165) is 10.6 Å². The Morgan fingerprint density at radius 2 is 1.90 bits per heavy atom. The molecule has 10 heteroatoms. The lowest BCUT2D eigenvalue weighted by Gasteiger charge is -2.09. The van der Waals surface area contributed by atoms with Crippen molar-refractivity contribution in [2.45, 2.75) is 9.24 Å². The van der Waals surface area contributed by atoms with E-state index in [4.69, 9.17) is 10.00 Å². The van der Waals surface area contributed by atoms with Crippen molar-refractivity contribution < 1.29 is 9.53 Å². The van der Waals surface area contributed by atoms with Crippen LogP contribution in [0.3, 0.4) is 0 Å². The minimum atomic E-state index is -0.144. The Labute approximate surface area is 180 Å². The van der Waals surface area contributed by atoms with Gasteiger partial charge in [0.25, 0.3) is 0 Å². The predicted molar refractivity (Wildman–Crippen MR) is 118 cm³/mol. The lowest BCUT2D eigenvalue weighted by Crippen LogP contribution is -2.14. The fourth-order valence-corrected chi connectivity index (χ4v) is 4.53. The molecule has 0 aliphatic heterocycles. The highest BCUT2D eigenvalue weighted by molar-refractivity contribution is 8.01. The minimum Gasteiger partial charge on any atom is -0.495 e. The number of methoxy groups -OCH3 is 1. The van der Waals surface area contributed by atoms with E-state index in [-0.39, 0.29) is 11.7 Å². The normalized spacial score (nSPS) is 10.2. The molecule has 0 spiro atoms. The summed E-state index contributed by atoms with van der Waals surface area (Å²) in [6.45, 7) is 0. The molecule has 0 saturated carbocycles. The van der Waals surface area contributed by atoms with Gasteiger partial charge in [-0.1, -0.05) is 47.4 Å². The van der Waals surface area contributed by atoms with Crippen molar-refractivity contribution in [1.29, 1.82) is 5.26 Å². The van der Waals surface area contributed by atoms with Crippen LogP contribution in [0.4, 0.5) is 16.5 Å². The number of hydrogen-bond donors (Lipinski definition) is 2. The molecule has 0 bridgehead atoms. The molecule has 3 aromatic rings. The van der Waals surface area contributed by atoms with E-state index >= 15 is 0 Å². The Hall–Kier alpha value is -2.74. The Balaban J connectivity index is 1.55. The number of ether oxygens (including phenoxy) is 1. The molecule has 2 aromatic carbocycles. The molecule has 7 nitrogen and oxygen atoms in total. The van der Waals surface area contributed by atoms with E-state index in [1.807, 2.05) is 48.5 Å². The van der Waals surface area contributed by atoms with Crippen LogP contribution in [0.1, 0.15) is 0 Å². The van der Waals surface area contributed by atoms with E-state index in [1.165, 1.54) is 34.9 Å². The molecule has 0 atom stereocenters. The summed E-state index contributed by atoms with van der Waals surface area (Å²) in [7, 11) is 1.61. The zero-order valence-electron chi connectivity index (χ0n) is 15.4. The topological polar surface area (TPSA) is 99.9 Å². The zero-order valence-corrected chi connectivity index (χ0v) is 17.9. The van der Waals surface area contributed by atoms with Crippen LogP contribution in [0.5, 0.6) is 5.75 Å². The number of nitriles is 1. The number of carbonyl (C=O) groups is 1. The van der Waals surface area contributed by atoms with Crippen LogP contribution in [-0.4, -0.2) is 34.7 Å². The van der Waals surface area contributed by atoms with Crippen molar-refractivity contribution >= 4 is 57.3 Å². The van der Waals surface area contributed by atoms with Crippen molar-refractivity contribution in [2.75, 3.05) is 29.2 Å². The molecule has 0 aliphatic carbocycles. The molecule has 0 unspecified atom stereocenters. The molecule has 29 heavy (non-hydrogen) atoms. The minimum absolute atomic E-state index is 0.144. The van der Waals surface area contributed by atoms with Crippen molar-refractivity contribution in [3.8, 4) is 11.8 Å². The summed E-state index contributed by atoms with van der Waals surface area (Å²) < 4.78 is 6.00. The summed E-state index contributed by atoms with van der Waals surface area (Å²) in [5, 5.41) is 23.7. The van der Waals surface area contributed by atoms with E-state index in [1.54, 1.807) is 7.11 Å². The summed E-state index contributed by atoms with van der Waals surface area (Å²) in [5.41, 5.74) is 1.50. The molecule has 2 N–H and O–H groups in total. The Morgan fingerprint density at radius 1 is 1.14 bits per heavy atom. The van der Waals surface area contributed by atoms with E-state index in [2.05, 4.69) is 26.9 Å². The summed E-state index contributed by atoms with van der Waals surface area (Å²) >= 11 is 4.07. The van der Waals surface area contributed by atoms with Gasteiger partial charge >= 0.3 is 0 Å². The number of hydrogen-bond acceptors (Lipinski definition) is 9. The predicted octanol–water partition coefficient (Wildman–Crippen LogP) is 4.64. The molecule has 0 saturated heterocycles. The van der Waals surface area contributed by atoms with Gasteiger partial charge in [-0.2, -0.15) is 5.26 Å². The van der Waals surface area contributed by atoms with Crippen LogP contribution in [0.2, 0.25) is 0 Å². The summed E-state index contributed by atoms with van der Waals surface area (Å²) in [6, 6.07) is 17.1. The van der Waals surface area contributed by atoms with Gasteiger partial charge in [0, 0.05) is 4.90 Å². The van der Waals surface area contributed by atoms with Crippen molar-refractivity contribution in [3.05, 3.63) is 48.5 Å². The standard InChI is InChI=1S/C19H17N5O2S3/c1-26-15-8-4-2-6-13(15)22-18-23-24-19(29-18)28-12-17(25)21-14-7-3-5-9-16(14)27-11-10-20/h2-9H,11-12H2,1H3,(H,21,25)(H,22,23). The number of para-hydroxylation sites is 3. The number of rotatable bonds is 9. The van der Waals surface area contributed by atoms with Crippen molar-refractivity contribution in [2.24, 2.45) is 0 Å². The SMILES string of the molecule is COc1ccccc1Nc1nnc(SCC(=O)Nc2ccccc2SCC#N)s1.